The minimum Gasteiger partial charge on any atom is -0.341 e. The maximum Gasteiger partial charge on any atom is 0.222 e. The Kier molecular flexibility index (Phi) is 5.22. The summed E-state index contributed by atoms with van der Waals surface area (Å²) < 4.78 is 2.22. The molecule has 29 heavy (non-hydrogen) atoms. The molecule has 3 aromatic rings. The standard InChI is InChI=1S/C24H26ClN3O/c1-4-27(17(2)3)22(29)13-14-24(18-9-11-19(25)12-10-18)21-8-6-5-7-20(21)23-26-15-16-28(23)24/h5-12,15-17H,4,13-14H2,1-3H3. The molecule has 1 aliphatic rings. The monoisotopic (exact) mass is 407 g/mol. The quantitative estimate of drug-likeness (QED) is 0.552. The number of amides is 1. The molecule has 150 valence electrons. The molecule has 1 atom stereocenters. The molecule has 0 bridgehead atoms. The van der Waals surface area contributed by atoms with E-state index in [9.17, 15) is 4.79 Å². The van der Waals surface area contributed by atoms with Gasteiger partial charge >= 0.3 is 0 Å². The molecule has 0 fully saturated rings. The summed E-state index contributed by atoms with van der Waals surface area (Å²) in [6.07, 6.45) is 4.98. The largest absolute Gasteiger partial charge is 0.341 e. The maximum atomic E-state index is 13.0. The molecule has 0 spiro atoms. The average Bonchev–Trinajstić information content (AvgIpc) is 3.29. The Labute approximate surface area is 177 Å². The second kappa shape index (κ2) is 7.68. The van der Waals surface area contributed by atoms with Gasteiger partial charge in [-0.15, -0.1) is 0 Å². The maximum absolute atomic E-state index is 13.0. The lowest BCUT2D eigenvalue weighted by Crippen LogP contribution is -2.39. The zero-order chi connectivity index (χ0) is 20.6. The summed E-state index contributed by atoms with van der Waals surface area (Å²) in [7, 11) is 0. The van der Waals surface area contributed by atoms with E-state index in [1.54, 1.807) is 0 Å². The second-order valence-corrected chi connectivity index (χ2v) is 8.24. The summed E-state index contributed by atoms with van der Waals surface area (Å²) in [6, 6.07) is 16.5. The van der Waals surface area contributed by atoms with Crippen LogP contribution in [0.4, 0.5) is 0 Å². The molecular formula is C24H26ClN3O. The molecule has 1 aromatic heterocycles. The second-order valence-electron chi connectivity index (χ2n) is 7.81. The minimum atomic E-state index is -0.473. The predicted molar refractivity (Wildman–Crippen MR) is 117 cm³/mol. The Bertz CT molecular complexity index is 1020. The lowest BCUT2D eigenvalue weighted by atomic mass is 9.79. The fourth-order valence-electron chi connectivity index (χ4n) is 4.66. The Hall–Kier alpha value is -2.59. The molecule has 2 aromatic carbocycles. The van der Waals surface area contributed by atoms with Gasteiger partial charge in [0.15, 0.2) is 0 Å². The van der Waals surface area contributed by atoms with Crippen LogP contribution < -0.4 is 0 Å². The lowest BCUT2D eigenvalue weighted by molar-refractivity contribution is -0.133. The Morgan fingerprint density at radius 3 is 2.59 bits per heavy atom. The number of fused-ring (bicyclic) bond motifs is 3. The first-order valence-corrected chi connectivity index (χ1v) is 10.6. The SMILES string of the molecule is CCN(C(=O)CCC1(c2ccc(Cl)cc2)c2ccccc2-c2nccn21)C(C)C. The van der Waals surface area contributed by atoms with Gasteiger partial charge in [0.1, 0.15) is 5.82 Å². The van der Waals surface area contributed by atoms with Crippen molar-refractivity contribution in [3.8, 4) is 11.4 Å². The smallest absolute Gasteiger partial charge is 0.222 e. The van der Waals surface area contributed by atoms with Crippen LogP contribution in [0, 0.1) is 0 Å². The van der Waals surface area contributed by atoms with Gasteiger partial charge in [-0.1, -0.05) is 48.0 Å². The first kappa shape index (κ1) is 19.7. The van der Waals surface area contributed by atoms with Gasteiger partial charge in [-0.05, 0) is 50.5 Å². The van der Waals surface area contributed by atoms with Crippen LogP contribution in [0.15, 0.2) is 60.9 Å². The molecule has 0 N–H and O–H groups in total. The van der Waals surface area contributed by atoms with Crippen LogP contribution in [-0.4, -0.2) is 32.9 Å². The lowest BCUT2D eigenvalue weighted by Gasteiger charge is -2.35. The fourth-order valence-corrected chi connectivity index (χ4v) is 4.79. The summed E-state index contributed by atoms with van der Waals surface area (Å²) in [6.45, 7) is 6.88. The van der Waals surface area contributed by atoms with E-state index in [0.717, 1.165) is 23.5 Å². The van der Waals surface area contributed by atoms with E-state index < -0.39 is 5.54 Å². The zero-order valence-electron chi connectivity index (χ0n) is 17.1. The van der Waals surface area contributed by atoms with Crippen LogP contribution >= 0.6 is 11.6 Å². The van der Waals surface area contributed by atoms with Gasteiger partial charge in [0.05, 0.1) is 5.54 Å². The molecule has 4 rings (SSSR count). The van der Waals surface area contributed by atoms with E-state index in [1.165, 1.54) is 5.56 Å². The number of hydrogen-bond donors (Lipinski definition) is 0. The van der Waals surface area contributed by atoms with Gasteiger partial charge in [-0.3, -0.25) is 4.79 Å². The van der Waals surface area contributed by atoms with Crippen LogP contribution in [-0.2, 0) is 10.3 Å². The predicted octanol–water partition coefficient (Wildman–Crippen LogP) is 5.35. The zero-order valence-corrected chi connectivity index (χ0v) is 17.9. The highest BCUT2D eigenvalue weighted by atomic mass is 35.5. The van der Waals surface area contributed by atoms with Crippen molar-refractivity contribution in [2.45, 2.75) is 45.2 Å². The highest BCUT2D eigenvalue weighted by molar-refractivity contribution is 6.30. The number of halogens is 1. The van der Waals surface area contributed by atoms with Crippen LogP contribution in [0.2, 0.25) is 5.02 Å². The van der Waals surface area contributed by atoms with E-state index in [4.69, 9.17) is 11.6 Å². The van der Waals surface area contributed by atoms with Crippen molar-refractivity contribution in [2.75, 3.05) is 6.54 Å². The Balaban J connectivity index is 1.83. The Morgan fingerprint density at radius 1 is 1.17 bits per heavy atom. The summed E-state index contributed by atoms with van der Waals surface area (Å²) in [5.74, 6) is 1.13. The molecule has 0 radical (unpaired) electrons. The van der Waals surface area contributed by atoms with Crippen molar-refractivity contribution in [1.82, 2.24) is 14.5 Å². The molecule has 0 saturated carbocycles. The minimum absolute atomic E-state index is 0.182. The number of rotatable bonds is 6. The Morgan fingerprint density at radius 2 is 1.90 bits per heavy atom. The topological polar surface area (TPSA) is 38.1 Å². The first-order chi connectivity index (χ1) is 14.0. The van der Waals surface area contributed by atoms with Crippen molar-refractivity contribution in [1.29, 1.82) is 0 Å². The number of carbonyl (C=O) groups is 1. The molecule has 1 amide bonds. The van der Waals surface area contributed by atoms with E-state index in [0.29, 0.717) is 17.9 Å². The highest BCUT2D eigenvalue weighted by Gasteiger charge is 2.45. The summed E-state index contributed by atoms with van der Waals surface area (Å²) in [5, 5.41) is 0.703. The third kappa shape index (κ3) is 3.16. The molecule has 5 heteroatoms. The molecule has 4 nitrogen and oxygen atoms in total. The average molecular weight is 408 g/mol. The van der Waals surface area contributed by atoms with Crippen LogP contribution in [0.1, 0.15) is 44.7 Å². The van der Waals surface area contributed by atoms with Gasteiger partial charge in [0.25, 0.3) is 0 Å². The third-order valence-electron chi connectivity index (χ3n) is 5.97. The third-order valence-corrected chi connectivity index (χ3v) is 6.22. The first-order valence-electron chi connectivity index (χ1n) is 10.2. The summed E-state index contributed by atoms with van der Waals surface area (Å²) in [4.78, 5) is 19.6. The van der Waals surface area contributed by atoms with Crippen molar-refractivity contribution >= 4 is 17.5 Å². The van der Waals surface area contributed by atoms with Crippen molar-refractivity contribution < 1.29 is 4.79 Å². The highest BCUT2D eigenvalue weighted by Crippen LogP contribution is 2.49. The van der Waals surface area contributed by atoms with Crippen molar-refractivity contribution in [3.63, 3.8) is 0 Å². The van der Waals surface area contributed by atoms with Gasteiger partial charge in [-0.2, -0.15) is 0 Å². The molecule has 0 aliphatic carbocycles. The van der Waals surface area contributed by atoms with E-state index in [1.807, 2.05) is 42.4 Å². The molecule has 0 saturated heterocycles. The number of imidazole rings is 1. The van der Waals surface area contributed by atoms with Gasteiger partial charge in [0.2, 0.25) is 5.91 Å². The molecule has 1 aliphatic heterocycles. The van der Waals surface area contributed by atoms with Crippen molar-refractivity contribution in [2.24, 2.45) is 0 Å². The van der Waals surface area contributed by atoms with E-state index in [2.05, 4.69) is 53.7 Å². The normalized spacial score (nSPS) is 17.3. The number of nitrogens with zero attached hydrogens (tertiary/aromatic N) is 3. The van der Waals surface area contributed by atoms with Gasteiger partial charge in [-0.25, -0.2) is 4.98 Å². The van der Waals surface area contributed by atoms with Crippen molar-refractivity contribution in [3.05, 3.63) is 77.1 Å². The van der Waals surface area contributed by atoms with Crippen LogP contribution in [0.25, 0.3) is 11.4 Å². The molecule has 2 heterocycles. The molecule has 1 unspecified atom stereocenters. The molecular weight excluding hydrogens is 382 g/mol. The number of carbonyl (C=O) groups excluding carboxylic acids is 1. The summed E-state index contributed by atoms with van der Waals surface area (Å²) >= 11 is 6.19. The van der Waals surface area contributed by atoms with E-state index >= 15 is 0 Å². The number of hydrogen-bond acceptors (Lipinski definition) is 2. The fraction of sp³-hybridized carbons (Fsp3) is 0.333. The van der Waals surface area contributed by atoms with E-state index in [-0.39, 0.29) is 11.9 Å². The van der Waals surface area contributed by atoms with Crippen LogP contribution in [0.3, 0.4) is 0 Å². The van der Waals surface area contributed by atoms with Gasteiger partial charge < -0.3 is 9.47 Å². The van der Waals surface area contributed by atoms with Gasteiger partial charge in [0, 0.05) is 42.0 Å². The van der Waals surface area contributed by atoms with Crippen LogP contribution in [0.5, 0.6) is 0 Å². The summed E-state index contributed by atoms with van der Waals surface area (Å²) in [5.41, 5.74) is 2.95. The number of benzene rings is 2. The number of aromatic nitrogens is 2.